The molecular formula is C12H13ClN2O. The van der Waals surface area contributed by atoms with Gasteiger partial charge in [0.25, 0.3) is 0 Å². The van der Waals surface area contributed by atoms with Crippen LogP contribution >= 0.6 is 11.6 Å². The SMILES string of the molecule is CC(C)c1cc(Cl)cc(-c2cnoc2N)c1. The van der Waals surface area contributed by atoms with Crippen molar-refractivity contribution in [2.24, 2.45) is 0 Å². The molecule has 0 spiro atoms. The number of nitrogens with two attached hydrogens (primary N) is 1. The molecule has 16 heavy (non-hydrogen) atoms. The molecule has 1 heterocycles. The predicted molar refractivity (Wildman–Crippen MR) is 65.5 cm³/mol. The Kier molecular flexibility index (Phi) is 2.88. The van der Waals surface area contributed by atoms with Gasteiger partial charge in [-0.3, -0.25) is 0 Å². The van der Waals surface area contributed by atoms with Gasteiger partial charge in [-0.15, -0.1) is 0 Å². The maximum atomic E-state index is 6.07. The summed E-state index contributed by atoms with van der Waals surface area (Å²) >= 11 is 6.07. The summed E-state index contributed by atoms with van der Waals surface area (Å²) in [7, 11) is 0. The summed E-state index contributed by atoms with van der Waals surface area (Å²) in [4.78, 5) is 0. The van der Waals surface area contributed by atoms with E-state index in [1.165, 1.54) is 5.56 Å². The van der Waals surface area contributed by atoms with Gasteiger partial charge in [-0.1, -0.05) is 36.7 Å². The lowest BCUT2D eigenvalue weighted by molar-refractivity contribution is 0.436. The average molecular weight is 237 g/mol. The normalized spacial score (nSPS) is 11.0. The minimum atomic E-state index is 0.317. The minimum absolute atomic E-state index is 0.317. The van der Waals surface area contributed by atoms with Crippen molar-refractivity contribution in [3.05, 3.63) is 35.0 Å². The second-order valence-electron chi connectivity index (χ2n) is 4.03. The summed E-state index contributed by atoms with van der Waals surface area (Å²) in [6, 6.07) is 5.87. The summed E-state index contributed by atoms with van der Waals surface area (Å²) in [5.41, 5.74) is 8.57. The standard InChI is InChI=1S/C12H13ClN2O/c1-7(2)8-3-9(5-10(13)4-8)11-6-15-16-12(11)14/h3-7H,14H2,1-2H3. The van der Waals surface area contributed by atoms with Crippen molar-refractivity contribution < 1.29 is 4.52 Å². The van der Waals surface area contributed by atoms with Gasteiger partial charge in [-0.2, -0.15) is 0 Å². The van der Waals surface area contributed by atoms with E-state index in [9.17, 15) is 0 Å². The first-order chi connectivity index (χ1) is 7.58. The fraction of sp³-hybridized carbons (Fsp3) is 0.250. The van der Waals surface area contributed by atoms with E-state index in [1.54, 1.807) is 6.20 Å². The molecule has 0 saturated heterocycles. The highest BCUT2D eigenvalue weighted by atomic mass is 35.5. The van der Waals surface area contributed by atoms with Crippen molar-refractivity contribution in [1.82, 2.24) is 5.16 Å². The molecule has 3 nitrogen and oxygen atoms in total. The maximum absolute atomic E-state index is 6.07. The molecule has 4 heteroatoms. The van der Waals surface area contributed by atoms with E-state index in [0.717, 1.165) is 11.1 Å². The van der Waals surface area contributed by atoms with Gasteiger partial charge in [-0.25, -0.2) is 0 Å². The highest BCUT2D eigenvalue weighted by Crippen LogP contribution is 2.31. The van der Waals surface area contributed by atoms with Crippen LogP contribution in [0.3, 0.4) is 0 Å². The van der Waals surface area contributed by atoms with Gasteiger partial charge in [0.2, 0.25) is 5.88 Å². The molecule has 2 aromatic rings. The third kappa shape index (κ3) is 2.04. The van der Waals surface area contributed by atoms with Gasteiger partial charge >= 0.3 is 0 Å². The number of benzene rings is 1. The predicted octanol–water partition coefficient (Wildman–Crippen LogP) is 3.70. The number of halogens is 1. The van der Waals surface area contributed by atoms with Crippen LogP contribution in [0.25, 0.3) is 11.1 Å². The van der Waals surface area contributed by atoms with Crippen LogP contribution in [-0.4, -0.2) is 5.16 Å². The van der Waals surface area contributed by atoms with Gasteiger partial charge in [-0.05, 0) is 29.2 Å². The van der Waals surface area contributed by atoms with Crippen LogP contribution in [0, 0.1) is 0 Å². The summed E-state index contributed by atoms with van der Waals surface area (Å²) in [5, 5.41) is 4.36. The Bertz CT molecular complexity index is 505. The monoisotopic (exact) mass is 236 g/mol. The lowest BCUT2D eigenvalue weighted by Crippen LogP contribution is -1.90. The summed E-state index contributed by atoms with van der Waals surface area (Å²) in [6.07, 6.45) is 1.60. The topological polar surface area (TPSA) is 52.0 Å². The van der Waals surface area contributed by atoms with E-state index in [-0.39, 0.29) is 0 Å². The second-order valence-corrected chi connectivity index (χ2v) is 4.47. The van der Waals surface area contributed by atoms with Gasteiger partial charge in [0.05, 0.1) is 11.8 Å². The number of nitrogens with zero attached hydrogens (tertiary/aromatic N) is 1. The first-order valence-electron chi connectivity index (χ1n) is 5.09. The van der Waals surface area contributed by atoms with Crippen LogP contribution in [0.1, 0.15) is 25.3 Å². The zero-order chi connectivity index (χ0) is 11.7. The van der Waals surface area contributed by atoms with Crippen molar-refractivity contribution in [3.63, 3.8) is 0 Å². The van der Waals surface area contributed by atoms with Crippen LogP contribution in [0.2, 0.25) is 5.02 Å². The molecule has 0 bridgehead atoms. The van der Waals surface area contributed by atoms with E-state index in [4.69, 9.17) is 21.9 Å². The number of hydrogen-bond acceptors (Lipinski definition) is 3. The Morgan fingerprint density at radius 1 is 1.31 bits per heavy atom. The van der Waals surface area contributed by atoms with Crippen LogP contribution in [0.5, 0.6) is 0 Å². The quantitative estimate of drug-likeness (QED) is 0.865. The molecule has 2 N–H and O–H groups in total. The molecule has 0 aliphatic heterocycles. The fourth-order valence-corrected chi connectivity index (χ4v) is 1.81. The van der Waals surface area contributed by atoms with Gasteiger partial charge in [0, 0.05) is 5.02 Å². The van der Waals surface area contributed by atoms with Crippen molar-refractivity contribution in [3.8, 4) is 11.1 Å². The molecule has 0 aliphatic carbocycles. The van der Waals surface area contributed by atoms with Crippen molar-refractivity contribution >= 4 is 17.5 Å². The first-order valence-corrected chi connectivity index (χ1v) is 5.46. The number of rotatable bonds is 2. The van der Waals surface area contributed by atoms with Crippen LogP contribution in [0.4, 0.5) is 5.88 Å². The molecular weight excluding hydrogens is 224 g/mol. The molecule has 0 aliphatic rings. The van der Waals surface area contributed by atoms with Crippen molar-refractivity contribution in [1.29, 1.82) is 0 Å². The summed E-state index contributed by atoms with van der Waals surface area (Å²) in [5.74, 6) is 0.732. The maximum Gasteiger partial charge on any atom is 0.229 e. The Morgan fingerprint density at radius 2 is 2.06 bits per heavy atom. The van der Waals surface area contributed by atoms with Crippen molar-refractivity contribution in [2.45, 2.75) is 19.8 Å². The summed E-state index contributed by atoms with van der Waals surface area (Å²) in [6.45, 7) is 4.23. The molecule has 0 atom stereocenters. The third-order valence-corrected chi connectivity index (χ3v) is 2.71. The molecule has 0 radical (unpaired) electrons. The highest BCUT2D eigenvalue weighted by molar-refractivity contribution is 6.31. The lowest BCUT2D eigenvalue weighted by Gasteiger charge is -2.08. The minimum Gasteiger partial charge on any atom is -0.367 e. The molecule has 0 amide bonds. The zero-order valence-electron chi connectivity index (χ0n) is 9.20. The fourth-order valence-electron chi connectivity index (χ4n) is 1.57. The smallest absolute Gasteiger partial charge is 0.229 e. The van der Waals surface area contributed by atoms with Gasteiger partial charge in [0.15, 0.2) is 0 Å². The van der Waals surface area contributed by atoms with E-state index >= 15 is 0 Å². The third-order valence-electron chi connectivity index (χ3n) is 2.50. The average Bonchev–Trinajstić information content (AvgIpc) is 2.63. The molecule has 2 rings (SSSR count). The van der Waals surface area contributed by atoms with Gasteiger partial charge in [0.1, 0.15) is 0 Å². The highest BCUT2D eigenvalue weighted by Gasteiger charge is 2.10. The Labute approximate surface area is 99.2 Å². The van der Waals surface area contributed by atoms with Crippen LogP contribution in [-0.2, 0) is 0 Å². The lowest BCUT2D eigenvalue weighted by atomic mass is 9.98. The zero-order valence-corrected chi connectivity index (χ0v) is 9.95. The Morgan fingerprint density at radius 3 is 2.62 bits per heavy atom. The van der Waals surface area contributed by atoms with E-state index in [0.29, 0.717) is 16.8 Å². The number of anilines is 1. The Hall–Kier alpha value is -1.48. The van der Waals surface area contributed by atoms with Crippen LogP contribution in [0.15, 0.2) is 28.9 Å². The van der Waals surface area contributed by atoms with Crippen LogP contribution < -0.4 is 5.73 Å². The molecule has 0 unspecified atom stereocenters. The molecule has 0 saturated carbocycles. The Balaban J connectivity index is 2.54. The largest absolute Gasteiger partial charge is 0.367 e. The van der Waals surface area contributed by atoms with E-state index in [2.05, 4.69) is 25.1 Å². The second kappa shape index (κ2) is 4.18. The molecule has 1 aromatic carbocycles. The van der Waals surface area contributed by atoms with E-state index < -0.39 is 0 Å². The van der Waals surface area contributed by atoms with Crippen molar-refractivity contribution in [2.75, 3.05) is 5.73 Å². The van der Waals surface area contributed by atoms with Gasteiger partial charge < -0.3 is 10.3 Å². The molecule has 1 aromatic heterocycles. The molecule has 84 valence electrons. The number of aromatic nitrogens is 1. The number of hydrogen-bond donors (Lipinski definition) is 1. The molecule has 0 fully saturated rings. The number of nitrogen functional groups attached to an aromatic ring is 1. The van der Waals surface area contributed by atoms with E-state index in [1.807, 2.05) is 12.1 Å². The first kappa shape index (κ1) is 11.0. The summed E-state index contributed by atoms with van der Waals surface area (Å²) < 4.78 is 4.84.